The Bertz CT molecular complexity index is 2500. The molecule has 332 valence electrons. The molecule has 1 fully saturated rings. The predicted molar refractivity (Wildman–Crippen MR) is 284 cm³/mol. The predicted octanol–water partition coefficient (Wildman–Crippen LogP) is 13.1. The Kier molecular flexibility index (Phi) is 13.7. The molecule has 0 spiro atoms. The summed E-state index contributed by atoms with van der Waals surface area (Å²) in [5, 5.41) is 8.22. The highest BCUT2D eigenvalue weighted by molar-refractivity contribution is 7.80. The minimum absolute atomic E-state index is 0.0597. The maximum atomic E-state index is 6.99. The van der Waals surface area contributed by atoms with Crippen LogP contribution in [0.25, 0.3) is 0 Å². The minimum atomic E-state index is -0.878. The lowest BCUT2D eigenvalue weighted by atomic mass is 9.53. The summed E-state index contributed by atoms with van der Waals surface area (Å²) in [6, 6.07) is 80.9. The summed E-state index contributed by atoms with van der Waals surface area (Å²) in [6.45, 7) is 14.7. The van der Waals surface area contributed by atoms with E-state index in [0.29, 0.717) is 13.2 Å². The van der Waals surface area contributed by atoms with E-state index in [1.807, 2.05) is 0 Å². The van der Waals surface area contributed by atoms with E-state index >= 15 is 0 Å². The number of rotatable bonds is 14. The van der Waals surface area contributed by atoms with E-state index in [9.17, 15) is 0 Å². The molecule has 0 N–H and O–H groups in total. The fourth-order valence-corrected chi connectivity index (χ4v) is 14.8. The zero-order valence-corrected chi connectivity index (χ0v) is 41.0. The molecule has 0 bridgehead atoms. The Morgan fingerprint density at radius 2 is 0.606 bits per heavy atom. The van der Waals surface area contributed by atoms with Crippen LogP contribution in [0.1, 0.15) is 75.6 Å². The summed E-state index contributed by atoms with van der Waals surface area (Å²) < 4.78 is 14.0. The summed E-state index contributed by atoms with van der Waals surface area (Å²) in [5.41, 5.74) is 5.53. The van der Waals surface area contributed by atoms with Gasteiger partial charge in [0.1, 0.15) is 11.5 Å². The zero-order valence-electron chi connectivity index (χ0n) is 39.2. The van der Waals surface area contributed by atoms with Gasteiger partial charge in [-0.2, -0.15) is 0 Å². The third kappa shape index (κ3) is 9.98. The molecule has 0 aliphatic heterocycles. The van der Waals surface area contributed by atoms with Crippen LogP contribution in [-0.4, -0.2) is 13.2 Å². The van der Waals surface area contributed by atoms with Crippen molar-refractivity contribution in [1.29, 1.82) is 0 Å². The second-order valence-corrected chi connectivity index (χ2v) is 24.1. The van der Waals surface area contributed by atoms with Gasteiger partial charge in [0.15, 0.2) is 0 Å². The molecular formula is C62H62O2P2. The molecule has 1 aliphatic carbocycles. The lowest BCUT2D eigenvalue weighted by Crippen LogP contribution is -2.51. The van der Waals surface area contributed by atoms with E-state index in [4.69, 9.17) is 9.47 Å². The quantitative estimate of drug-likeness (QED) is 0.101. The molecule has 0 aromatic heterocycles. The smallest absolute Gasteiger partial charge is 0.119 e. The van der Waals surface area contributed by atoms with Crippen molar-refractivity contribution in [3.8, 4) is 11.5 Å². The van der Waals surface area contributed by atoms with Crippen LogP contribution < -0.4 is 41.3 Å². The van der Waals surface area contributed by atoms with Gasteiger partial charge in [0.05, 0.1) is 13.2 Å². The molecule has 4 atom stereocenters. The first kappa shape index (κ1) is 45.4. The molecule has 0 heterocycles. The Balaban J connectivity index is 1.21. The van der Waals surface area contributed by atoms with E-state index < -0.39 is 15.8 Å². The third-order valence-electron chi connectivity index (χ3n) is 13.3. The normalized spacial score (nSPS) is 17.3. The lowest BCUT2D eigenvalue weighted by Gasteiger charge is -2.53. The summed E-state index contributed by atoms with van der Waals surface area (Å²) in [5.74, 6) is 2.42. The van der Waals surface area contributed by atoms with Crippen LogP contribution in [0.3, 0.4) is 0 Å². The SMILES string of the molecule is CC(C)(C)c1ccc(OC[C@@H]2[C@@H](COc3ccc(C(C)(C)C)cc3)[C@@H](c3ccccc3P(c3ccccc3)c3ccccc3)[C@@H]2c2ccccc2P(c2ccccc2)c2ccccc2)cc1. The van der Waals surface area contributed by atoms with Crippen molar-refractivity contribution in [2.24, 2.45) is 11.8 Å². The topological polar surface area (TPSA) is 18.5 Å². The Labute approximate surface area is 396 Å². The molecule has 0 saturated heterocycles. The van der Waals surface area contributed by atoms with Gasteiger partial charge in [0, 0.05) is 11.8 Å². The second-order valence-electron chi connectivity index (χ2n) is 19.7. The average Bonchev–Trinajstić information content (AvgIpc) is 3.33. The first-order valence-electron chi connectivity index (χ1n) is 23.5. The Hall–Kier alpha value is -5.78. The summed E-state index contributed by atoms with van der Waals surface area (Å²) in [4.78, 5) is 0. The van der Waals surface area contributed by atoms with Crippen molar-refractivity contribution in [2.75, 3.05) is 13.2 Å². The standard InChI is InChI=1S/C62H62O2P2/c1-61(2,3)45-35-39-47(40-36-45)63-43-55-56(44-64-48-41-37-46(38-42-48)62(4,5)6)60(54-32-20-22-34-58(54)66(51-27-15-9-16-28-51)52-29-17-10-18-30-52)59(55)53-31-19-21-33-57(53)65(49-23-11-7-12-24-49)50-25-13-8-14-26-50/h7-42,55-56,59-60H,43-44H2,1-6H3/t55-,56-,59-,60-/m1/s1. The van der Waals surface area contributed by atoms with Gasteiger partial charge < -0.3 is 9.47 Å². The van der Waals surface area contributed by atoms with Crippen molar-refractivity contribution in [2.45, 2.75) is 64.2 Å². The van der Waals surface area contributed by atoms with E-state index in [1.165, 1.54) is 54.1 Å². The highest BCUT2D eigenvalue weighted by Crippen LogP contribution is 2.59. The Morgan fingerprint density at radius 1 is 0.333 bits per heavy atom. The summed E-state index contributed by atoms with van der Waals surface area (Å²) in [7, 11) is -1.76. The molecule has 0 radical (unpaired) electrons. The first-order valence-corrected chi connectivity index (χ1v) is 26.2. The molecule has 8 aromatic rings. The molecule has 2 nitrogen and oxygen atoms in total. The monoisotopic (exact) mass is 900 g/mol. The molecule has 9 rings (SSSR count). The van der Waals surface area contributed by atoms with Gasteiger partial charge in [-0.25, -0.2) is 0 Å². The van der Waals surface area contributed by atoms with Crippen LogP contribution in [0.2, 0.25) is 0 Å². The first-order chi connectivity index (χ1) is 32.0. The van der Waals surface area contributed by atoms with Gasteiger partial charge in [-0.05, 0) is 117 Å². The van der Waals surface area contributed by atoms with Gasteiger partial charge in [0.25, 0.3) is 0 Å². The van der Waals surface area contributed by atoms with Gasteiger partial charge in [-0.3, -0.25) is 0 Å². The number of hydrogen-bond donors (Lipinski definition) is 0. The number of benzene rings is 8. The van der Waals surface area contributed by atoms with Crippen molar-refractivity contribution in [3.05, 3.63) is 241 Å². The van der Waals surface area contributed by atoms with Crippen molar-refractivity contribution in [1.82, 2.24) is 0 Å². The van der Waals surface area contributed by atoms with Gasteiger partial charge >= 0.3 is 0 Å². The van der Waals surface area contributed by atoms with Crippen molar-refractivity contribution >= 4 is 47.7 Å². The maximum Gasteiger partial charge on any atom is 0.119 e. The molecule has 0 amide bonds. The number of hydrogen-bond acceptors (Lipinski definition) is 2. The molecule has 8 aromatic carbocycles. The maximum absolute atomic E-state index is 6.99. The Morgan fingerprint density at radius 3 is 0.894 bits per heavy atom. The van der Waals surface area contributed by atoms with E-state index in [2.05, 4.69) is 260 Å². The fourth-order valence-electron chi connectivity index (χ4n) is 9.82. The zero-order chi connectivity index (χ0) is 45.7. The summed E-state index contributed by atoms with van der Waals surface area (Å²) >= 11 is 0. The minimum Gasteiger partial charge on any atom is -0.493 e. The molecule has 1 saturated carbocycles. The average molecular weight is 901 g/mol. The molecule has 1 aliphatic rings. The van der Waals surface area contributed by atoms with Gasteiger partial charge in [0.2, 0.25) is 0 Å². The van der Waals surface area contributed by atoms with Crippen LogP contribution in [0, 0.1) is 11.8 Å². The molecule has 4 heteroatoms. The van der Waals surface area contributed by atoms with Crippen molar-refractivity contribution in [3.63, 3.8) is 0 Å². The van der Waals surface area contributed by atoms with E-state index in [-0.39, 0.29) is 34.5 Å². The summed E-state index contributed by atoms with van der Waals surface area (Å²) in [6.07, 6.45) is 0. The fraction of sp³-hybridized carbons (Fsp3) is 0.226. The van der Waals surface area contributed by atoms with Crippen LogP contribution >= 0.6 is 15.8 Å². The highest BCUT2D eigenvalue weighted by Gasteiger charge is 2.54. The van der Waals surface area contributed by atoms with Crippen LogP contribution in [0.5, 0.6) is 11.5 Å². The van der Waals surface area contributed by atoms with E-state index in [1.54, 1.807) is 0 Å². The second kappa shape index (κ2) is 20.0. The molecular weight excluding hydrogens is 839 g/mol. The van der Waals surface area contributed by atoms with E-state index in [0.717, 1.165) is 11.5 Å². The highest BCUT2D eigenvalue weighted by atomic mass is 31.1. The number of ether oxygens (including phenoxy) is 2. The van der Waals surface area contributed by atoms with Gasteiger partial charge in [-0.15, -0.1) is 0 Å². The third-order valence-corrected chi connectivity index (χ3v) is 18.4. The lowest BCUT2D eigenvalue weighted by molar-refractivity contribution is 0.0113. The largest absolute Gasteiger partial charge is 0.493 e. The molecule has 0 unspecified atom stereocenters. The van der Waals surface area contributed by atoms with Crippen LogP contribution in [-0.2, 0) is 10.8 Å². The van der Waals surface area contributed by atoms with Crippen LogP contribution in [0.4, 0.5) is 0 Å². The van der Waals surface area contributed by atoms with Crippen molar-refractivity contribution < 1.29 is 9.47 Å². The molecule has 66 heavy (non-hydrogen) atoms. The van der Waals surface area contributed by atoms with Crippen LogP contribution in [0.15, 0.2) is 218 Å². The van der Waals surface area contributed by atoms with Gasteiger partial charge in [-0.1, -0.05) is 236 Å².